The Morgan fingerprint density at radius 2 is 1.23 bits per heavy atom. The van der Waals surface area contributed by atoms with E-state index in [2.05, 4.69) is 23.8 Å². The summed E-state index contributed by atoms with van der Waals surface area (Å²) >= 11 is 0. The van der Waals surface area contributed by atoms with Crippen LogP contribution in [0.15, 0.2) is 12.2 Å². The van der Waals surface area contributed by atoms with Gasteiger partial charge in [-0.25, -0.2) is 4.79 Å². The minimum absolute atomic E-state index is 0.294. The fraction of sp³-hybridized carbons (Fsp3) is 0.842. The van der Waals surface area contributed by atoms with Crippen LogP contribution in [0.25, 0.3) is 0 Å². The topological polar surface area (TPSA) is 26.3 Å². The maximum Gasteiger partial charge on any atom is 0.465 e. The van der Waals surface area contributed by atoms with E-state index in [4.69, 9.17) is 0 Å². The van der Waals surface area contributed by atoms with Gasteiger partial charge in [0.15, 0.2) is 0 Å². The number of unbranched alkanes of at least 4 members (excludes halogenated alkanes) is 10. The summed E-state index contributed by atoms with van der Waals surface area (Å²) in [5.41, 5.74) is 0. The molecule has 0 aliphatic heterocycles. The number of alkyl halides is 5. The minimum Gasteiger partial charge on any atom is -0.461 e. The zero-order chi connectivity index (χ0) is 19.9. The molecule has 0 heterocycles. The van der Waals surface area contributed by atoms with Gasteiger partial charge in [0.05, 0.1) is 6.61 Å². The average molecular weight is 386 g/mol. The zero-order valence-electron chi connectivity index (χ0n) is 15.6. The number of rotatable bonds is 15. The van der Waals surface area contributed by atoms with Gasteiger partial charge in [0.2, 0.25) is 0 Å². The molecule has 0 aromatic rings. The smallest absolute Gasteiger partial charge is 0.461 e. The average Bonchev–Trinajstić information content (AvgIpc) is 2.57. The molecule has 0 aromatic heterocycles. The Morgan fingerprint density at radius 3 is 1.73 bits per heavy atom. The highest BCUT2D eigenvalue weighted by atomic mass is 19.4. The van der Waals surface area contributed by atoms with Crippen molar-refractivity contribution < 1.29 is 31.5 Å². The molecule has 0 atom stereocenters. The summed E-state index contributed by atoms with van der Waals surface area (Å²) in [5.74, 6) is -7.95. The second-order valence-electron chi connectivity index (χ2n) is 6.44. The van der Waals surface area contributed by atoms with E-state index in [9.17, 15) is 26.7 Å². The van der Waals surface area contributed by atoms with Gasteiger partial charge < -0.3 is 4.74 Å². The van der Waals surface area contributed by atoms with Gasteiger partial charge in [-0.2, -0.15) is 22.0 Å². The monoisotopic (exact) mass is 386 g/mol. The van der Waals surface area contributed by atoms with Gasteiger partial charge >= 0.3 is 18.1 Å². The van der Waals surface area contributed by atoms with Crippen LogP contribution in [-0.2, 0) is 9.53 Å². The van der Waals surface area contributed by atoms with E-state index in [1.54, 1.807) is 0 Å². The van der Waals surface area contributed by atoms with E-state index >= 15 is 0 Å². The summed E-state index contributed by atoms with van der Waals surface area (Å²) in [5, 5.41) is 0. The standard InChI is InChI=1S/C19H31F5O2/c1-2-3-4-5-6-7-8-9-10-11-12-13-14-15-16-26-17(25)18(20,21)19(22,23)24/h5-6H,2-4,7-16H2,1H3/b6-5+. The van der Waals surface area contributed by atoms with Crippen LogP contribution >= 0.6 is 0 Å². The highest BCUT2D eigenvalue weighted by Crippen LogP contribution is 2.36. The van der Waals surface area contributed by atoms with Crippen LogP contribution in [-0.4, -0.2) is 24.7 Å². The molecule has 2 nitrogen and oxygen atoms in total. The number of allylic oxidation sites excluding steroid dienone is 2. The first-order valence-electron chi connectivity index (χ1n) is 9.50. The molecule has 0 saturated carbocycles. The molecule has 0 fully saturated rings. The van der Waals surface area contributed by atoms with E-state index in [1.807, 2.05) is 0 Å². The fourth-order valence-corrected chi connectivity index (χ4v) is 2.35. The Morgan fingerprint density at radius 1 is 0.769 bits per heavy atom. The molecule has 154 valence electrons. The molecule has 0 aliphatic carbocycles. The summed E-state index contributed by atoms with van der Waals surface area (Å²) in [6.45, 7) is 1.77. The first kappa shape index (κ1) is 24.9. The number of carbonyl (C=O) groups is 1. The molecule has 0 spiro atoms. The molecule has 7 heteroatoms. The lowest BCUT2D eigenvalue weighted by Gasteiger charge is -2.17. The van der Waals surface area contributed by atoms with E-state index in [0.29, 0.717) is 12.8 Å². The predicted octanol–water partition coefficient (Wildman–Crippen LogP) is 6.98. The summed E-state index contributed by atoms with van der Waals surface area (Å²) in [6, 6.07) is 0. The van der Waals surface area contributed by atoms with Crippen LogP contribution in [0.5, 0.6) is 0 Å². The van der Waals surface area contributed by atoms with Gasteiger partial charge in [-0.1, -0.05) is 70.4 Å². The molecule has 0 unspecified atom stereocenters. The number of hydrogen-bond donors (Lipinski definition) is 0. The molecule has 26 heavy (non-hydrogen) atoms. The Kier molecular flexibility index (Phi) is 13.4. The van der Waals surface area contributed by atoms with Crippen molar-refractivity contribution in [3.63, 3.8) is 0 Å². The highest BCUT2D eigenvalue weighted by Gasteiger charge is 2.64. The summed E-state index contributed by atoms with van der Waals surface area (Å²) in [6.07, 6.45) is 10.6. The van der Waals surface area contributed by atoms with Gasteiger partial charge in [0.1, 0.15) is 0 Å². The van der Waals surface area contributed by atoms with Gasteiger partial charge in [0, 0.05) is 0 Å². The Bertz CT molecular complexity index is 392. The van der Waals surface area contributed by atoms with Gasteiger partial charge in [-0.15, -0.1) is 0 Å². The molecular weight excluding hydrogens is 355 g/mol. The number of carbonyl (C=O) groups excluding carboxylic acids is 1. The molecule has 0 aliphatic rings. The first-order valence-corrected chi connectivity index (χ1v) is 9.50. The lowest BCUT2D eigenvalue weighted by atomic mass is 10.1. The molecule has 0 aromatic carbocycles. The highest BCUT2D eigenvalue weighted by molar-refractivity contribution is 5.78. The maximum atomic E-state index is 12.6. The molecule has 0 bridgehead atoms. The lowest BCUT2D eigenvalue weighted by molar-refractivity contribution is -0.280. The summed E-state index contributed by atoms with van der Waals surface area (Å²) < 4.78 is 65.0. The van der Waals surface area contributed by atoms with Gasteiger partial charge in [-0.3, -0.25) is 0 Å². The normalized spacial score (nSPS) is 12.7. The predicted molar refractivity (Wildman–Crippen MR) is 92.2 cm³/mol. The quantitative estimate of drug-likeness (QED) is 0.131. The number of ether oxygens (including phenoxy) is 1. The molecule has 0 saturated heterocycles. The largest absolute Gasteiger partial charge is 0.465 e. The summed E-state index contributed by atoms with van der Waals surface area (Å²) in [4.78, 5) is 10.7. The van der Waals surface area contributed by atoms with E-state index in [0.717, 1.165) is 38.5 Å². The minimum atomic E-state index is -5.91. The number of hydrogen-bond acceptors (Lipinski definition) is 2. The molecule has 0 rings (SSSR count). The van der Waals surface area contributed by atoms with Crippen molar-refractivity contribution in [1.29, 1.82) is 0 Å². The van der Waals surface area contributed by atoms with Crippen LogP contribution in [0.2, 0.25) is 0 Å². The number of esters is 1. The lowest BCUT2D eigenvalue weighted by Crippen LogP contribution is -2.45. The third kappa shape index (κ3) is 11.5. The van der Waals surface area contributed by atoms with Crippen molar-refractivity contribution in [3.8, 4) is 0 Å². The van der Waals surface area contributed by atoms with Crippen molar-refractivity contribution in [2.75, 3.05) is 6.61 Å². The summed E-state index contributed by atoms with van der Waals surface area (Å²) in [7, 11) is 0. The molecular formula is C19H31F5O2. The Labute approximate surface area is 153 Å². The van der Waals surface area contributed by atoms with Crippen molar-refractivity contribution in [3.05, 3.63) is 12.2 Å². The van der Waals surface area contributed by atoms with Crippen molar-refractivity contribution in [1.82, 2.24) is 0 Å². The van der Waals surface area contributed by atoms with Crippen LogP contribution in [0.3, 0.4) is 0 Å². The fourth-order valence-electron chi connectivity index (χ4n) is 2.35. The maximum absolute atomic E-state index is 12.6. The van der Waals surface area contributed by atoms with Crippen LogP contribution < -0.4 is 0 Å². The SMILES string of the molecule is CCCC/C=C/CCCCCCCCCCOC(=O)C(F)(F)C(F)(F)F. The zero-order valence-corrected chi connectivity index (χ0v) is 15.6. The third-order valence-corrected chi connectivity index (χ3v) is 4.00. The van der Waals surface area contributed by atoms with Crippen LogP contribution in [0.4, 0.5) is 22.0 Å². The van der Waals surface area contributed by atoms with Crippen molar-refractivity contribution in [2.45, 2.75) is 96.1 Å². The van der Waals surface area contributed by atoms with E-state index in [-0.39, 0.29) is 0 Å². The van der Waals surface area contributed by atoms with Crippen molar-refractivity contribution in [2.24, 2.45) is 0 Å². The molecule has 0 radical (unpaired) electrons. The van der Waals surface area contributed by atoms with Crippen molar-refractivity contribution >= 4 is 5.97 Å². The van der Waals surface area contributed by atoms with Crippen LogP contribution in [0.1, 0.15) is 84.0 Å². The Hall–Kier alpha value is -1.14. The Balaban J connectivity index is 3.44. The van der Waals surface area contributed by atoms with Crippen LogP contribution in [0, 0.1) is 0 Å². The van der Waals surface area contributed by atoms with Gasteiger partial charge in [-0.05, 0) is 25.7 Å². The van der Waals surface area contributed by atoms with E-state index in [1.165, 1.54) is 25.7 Å². The third-order valence-electron chi connectivity index (χ3n) is 4.00. The second kappa shape index (κ2) is 14.0. The van der Waals surface area contributed by atoms with E-state index < -0.39 is 24.7 Å². The second-order valence-corrected chi connectivity index (χ2v) is 6.44. The number of halogens is 5. The van der Waals surface area contributed by atoms with Gasteiger partial charge in [0.25, 0.3) is 0 Å². The first-order chi connectivity index (χ1) is 12.2. The molecule has 0 N–H and O–H groups in total. The molecule has 0 amide bonds.